The van der Waals surface area contributed by atoms with Gasteiger partial charge in [0.1, 0.15) is 0 Å². The summed E-state index contributed by atoms with van der Waals surface area (Å²) in [6.45, 7) is 4.84. The van der Waals surface area contributed by atoms with E-state index in [1.54, 1.807) is 0 Å². The van der Waals surface area contributed by atoms with Crippen molar-refractivity contribution in [3.8, 4) is 0 Å². The lowest BCUT2D eigenvalue weighted by Crippen LogP contribution is -2.49. The standard InChI is InChI=1S/C6H17N3/c1-3-6(7,4-2)5-9-8/h9H,3-5,7-8H2,1-2H3. The van der Waals surface area contributed by atoms with Gasteiger partial charge in [0.25, 0.3) is 0 Å². The first-order valence-corrected chi connectivity index (χ1v) is 3.41. The third kappa shape index (κ3) is 2.79. The predicted octanol–water partition coefficient (Wildman–Crippen LogP) is -0.0328. The Hall–Kier alpha value is -0.120. The molecule has 0 saturated heterocycles. The van der Waals surface area contributed by atoms with Crippen molar-refractivity contribution >= 4 is 0 Å². The number of nitrogens with one attached hydrogen (secondary N) is 1. The molecule has 0 aliphatic heterocycles. The molecule has 0 heterocycles. The Bertz CT molecular complexity index is 68.7. The van der Waals surface area contributed by atoms with E-state index in [-0.39, 0.29) is 5.54 Å². The van der Waals surface area contributed by atoms with Crippen molar-refractivity contribution in [2.45, 2.75) is 32.2 Å². The molecule has 5 N–H and O–H groups in total. The number of rotatable bonds is 4. The fourth-order valence-corrected chi connectivity index (χ4v) is 0.703. The van der Waals surface area contributed by atoms with E-state index in [2.05, 4.69) is 19.3 Å². The average Bonchev–Trinajstić information content (AvgIpc) is 1.89. The molecule has 9 heavy (non-hydrogen) atoms. The van der Waals surface area contributed by atoms with Crippen molar-refractivity contribution in [3.05, 3.63) is 0 Å². The first kappa shape index (κ1) is 8.88. The van der Waals surface area contributed by atoms with Crippen LogP contribution in [0.15, 0.2) is 0 Å². The van der Waals surface area contributed by atoms with Crippen molar-refractivity contribution in [3.63, 3.8) is 0 Å². The first-order valence-electron chi connectivity index (χ1n) is 3.41. The molecule has 0 atom stereocenters. The summed E-state index contributed by atoms with van der Waals surface area (Å²) in [6.07, 6.45) is 1.93. The molecule has 0 fully saturated rings. The molecular formula is C6H17N3. The van der Waals surface area contributed by atoms with Crippen LogP contribution in [0.25, 0.3) is 0 Å². The number of hydrogen-bond donors (Lipinski definition) is 3. The van der Waals surface area contributed by atoms with E-state index in [1.807, 2.05) is 0 Å². The van der Waals surface area contributed by atoms with Crippen LogP contribution in [0.3, 0.4) is 0 Å². The fraction of sp³-hybridized carbons (Fsp3) is 1.00. The molecular weight excluding hydrogens is 114 g/mol. The van der Waals surface area contributed by atoms with Gasteiger partial charge in [-0.15, -0.1) is 0 Å². The molecule has 0 amide bonds. The molecule has 56 valence electrons. The summed E-state index contributed by atoms with van der Waals surface area (Å²) in [4.78, 5) is 0. The van der Waals surface area contributed by atoms with Crippen molar-refractivity contribution in [2.24, 2.45) is 11.6 Å². The zero-order valence-corrected chi connectivity index (χ0v) is 6.28. The maximum atomic E-state index is 5.86. The molecule has 0 aromatic rings. The minimum absolute atomic E-state index is 0.102. The molecule has 0 bridgehead atoms. The van der Waals surface area contributed by atoms with Crippen LogP contribution < -0.4 is 17.0 Å². The largest absolute Gasteiger partial charge is 0.324 e. The van der Waals surface area contributed by atoms with E-state index in [4.69, 9.17) is 11.6 Å². The van der Waals surface area contributed by atoms with Gasteiger partial charge in [0.15, 0.2) is 0 Å². The van der Waals surface area contributed by atoms with Gasteiger partial charge in [-0.3, -0.25) is 11.3 Å². The second kappa shape index (κ2) is 3.82. The number of hydrazine groups is 1. The maximum Gasteiger partial charge on any atom is 0.0289 e. The average molecular weight is 131 g/mol. The third-order valence-corrected chi connectivity index (χ3v) is 1.86. The molecule has 0 spiro atoms. The van der Waals surface area contributed by atoms with Crippen LogP contribution >= 0.6 is 0 Å². The SMILES string of the molecule is CCC(N)(CC)CNN. The third-order valence-electron chi connectivity index (χ3n) is 1.86. The zero-order chi connectivity index (χ0) is 7.33. The predicted molar refractivity (Wildman–Crippen MR) is 39.7 cm³/mol. The Morgan fingerprint density at radius 3 is 1.89 bits per heavy atom. The molecule has 3 nitrogen and oxygen atoms in total. The smallest absolute Gasteiger partial charge is 0.0289 e. The molecule has 3 heteroatoms. The summed E-state index contributed by atoms with van der Waals surface area (Å²) in [7, 11) is 0. The van der Waals surface area contributed by atoms with E-state index >= 15 is 0 Å². The molecule has 0 aliphatic carbocycles. The number of nitrogens with two attached hydrogens (primary N) is 2. The second-order valence-electron chi connectivity index (χ2n) is 2.45. The Morgan fingerprint density at radius 1 is 1.33 bits per heavy atom. The Balaban J connectivity index is 3.62. The lowest BCUT2D eigenvalue weighted by atomic mass is 9.95. The highest BCUT2D eigenvalue weighted by atomic mass is 15.2. The topological polar surface area (TPSA) is 64.1 Å². The fourth-order valence-electron chi connectivity index (χ4n) is 0.703. The lowest BCUT2D eigenvalue weighted by Gasteiger charge is -2.25. The van der Waals surface area contributed by atoms with Gasteiger partial charge in [-0.25, -0.2) is 0 Å². The summed E-state index contributed by atoms with van der Waals surface area (Å²) in [6, 6.07) is 0. The Kier molecular flexibility index (Phi) is 3.77. The van der Waals surface area contributed by atoms with Gasteiger partial charge in [-0.2, -0.15) is 0 Å². The van der Waals surface area contributed by atoms with Gasteiger partial charge in [-0.05, 0) is 12.8 Å². The minimum Gasteiger partial charge on any atom is -0.324 e. The normalized spacial score (nSPS) is 12.0. The minimum atomic E-state index is -0.102. The summed E-state index contributed by atoms with van der Waals surface area (Å²) < 4.78 is 0. The highest BCUT2D eigenvalue weighted by Crippen LogP contribution is 2.08. The molecule has 0 saturated carbocycles. The highest BCUT2D eigenvalue weighted by Gasteiger charge is 2.18. The van der Waals surface area contributed by atoms with Gasteiger partial charge in [0.2, 0.25) is 0 Å². The van der Waals surface area contributed by atoms with E-state index in [1.165, 1.54) is 0 Å². The molecule has 0 rings (SSSR count). The van der Waals surface area contributed by atoms with Crippen molar-refractivity contribution in [1.29, 1.82) is 0 Å². The van der Waals surface area contributed by atoms with Crippen molar-refractivity contribution < 1.29 is 0 Å². The Labute approximate surface area is 56.8 Å². The van der Waals surface area contributed by atoms with Gasteiger partial charge in [0.05, 0.1) is 0 Å². The first-order chi connectivity index (χ1) is 4.18. The van der Waals surface area contributed by atoms with Crippen LogP contribution in [0.2, 0.25) is 0 Å². The molecule has 0 radical (unpaired) electrons. The van der Waals surface area contributed by atoms with Gasteiger partial charge in [-0.1, -0.05) is 13.8 Å². The Morgan fingerprint density at radius 2 is 1.78 bits per heavy atom. The summed E-state index contributed by atoms with van der Waals surface area (Å²) >= 11 is 0. The molecule has 0 aromatic heterocycles. The monoisotopic (exact) mass is 131 g/mol. The van der Waals surface area contributed by atoms with Gasteiger partial charge in [0, 0.05) is 12.1 Å². The van der Waals surface area contributed by atoms with E-state index in [0.29, 0.717) is 6.54 Å². The van der Waals surface area contributed by atoms with Crippen molar-refractivity contribution in [1.82, 2.24) is 5.43 Å². The quantitative estimate of drug-likeness (QED) is 0.371. The van der Waals surface area contributed by atoms with Crippen LogP contribution in [-0.2, 0) is 0 Å². The zero-order valence-electron chi connectivity index (χ0n) is 6.28. The molecule has 0 aliphatic rings. The maximum absolute atomic E-state index is 5.86. The molecule has 0 unspecified atom stereocenters. The number of hydrogen-bond acceptors (Lipinski definition) is 3. The molecule has 0 aromatic carbocycles. The lowest BCUT2D eigenvalue weighted by molar-refractivity contribution is 0.373. The van der Waals surface area contributed by atoms with Crippen LogP contribution in [-0.4, -0.2) is 12.1 Å². The van der Waals surface area contributed by atoms with Crippen LogP contribution in [0.4, 0.5) is 0 Å². The van der Waals surface area contributed by atoms with Crippen LogP contribution in [0, 0.1) is 0 Å². The van der Waals surface area contributed by atoms with Crippen molar-refractivity contribution in [2.75, 3.05) is 6.54 Å². The highest BCUT2D eigenvalue weighted by molar-refractivity contribution is 4.81. The van der Waals surface area contributed by atoms with E-state index in [0.717, 1.165) is 12.8 Å². The summed E-state index contributed by atoms with van der Waals surface area (Å²) in [5.74, 6) is 5.14. The summed E-state index contributed by atoms with van der Waals surface area (Å²) in [5.41, 5.74) is 8.35. The van der Waals surface area contributed by atoms with E-state index in [9.17, 15) is 0 Å². The second-order valence-corrected chi connectivity index (χ2v) is 2.45. The van der Waals surface area contributed by atoms with Crippen LogP contribution in [0.5, 0.6) is 0 Å². The van der Waals surface area contributed by atoms with Gasteiger partial charge >= 0.3 is 0 Å². The van der Waals surface area contributed by atoms with Crippen LogP contribution in [0.1, 0.15) is 26.7 Å². The van der Waals surface area contributed by atoms with Gasteiger partial charge < -0.3 is 5.73 Å². The summed E-state index contributed by atoms with van der Waals surface area (Å²) in [5, 5.41) is 0. The van der Waals surface area contributed by atoms with E-state index < -0.39 is 0 Å².